The smallest absolute Gasteiger partial charge is 0.426 e. The number of amides is 1. The summed E-state index contributed by atoms with van der Waals surface area (Å²) >= 11 is 6.41. The van der Waals surface area contributed by atoms with Gasteiger partial charge < -0.3 is 10.0 Å². The number of nitrogens with zero attached hydrogens (tertiary/aromatic N) is 1. The van der Waals surface area contributed by atoms with E-state index < -0.39 is 52.3 Å². The van der Waals surface area contributed by atoms with E-state index in [2.05, 4.69) is 0 Å². The Bertz CT molecular complexity index is 1370. The van der Waals surface area contributed by atoms with Crippen LogP contribution in [0, 0.1) is 12.8 Å². The summed E-state index contributed by atoms with van der Waals surface area (Å²) in [7, 11) is 0. The third kappa shape index (κ3) is 5.02. The van der Waals surface area contributed by atoms with Crippen LogP contribution >= 0.6 is 11.6 Å². The first kappa shape index (κ1) is 29.8. The first-order valence-corrected chi connectivity index (χ1v) is 14.3. The quantitative estimate of drug-likeness (QED) is 0.365. The van der Waals surface area contributed by atoms with Gasteiger partial charge >= 0.3 is 12.1 Å². The van der Waals surface area contributed by atoms with E-state index in [0.717, 1.165) is 16.7 Å². The number of benzene rings is 2. The van der Waals surface area contributed by atoms with E-state index in [1.807, 2.05) is 25.1 Å². The maximum absolute atomic E-state index is 16.1. The second-order valence-corrected chi connectivity index (χ2v) is 12.6. The van der Waals surface area contributed by atoms with Gasteiger partial charge in [-0.3, -0.25) is 9.59 Å². The van der Waals surface area contributed by atoms with Crippen LogP contribution in [0.4, 0.5) is 22.0 Å². The number of carboxylic acids is 1. The fraction of sp³-hybridized carbons (Fsp3) is 0.548. The molecule has 1 saturated carbocycles. The molecule has 1 N–H and O–H groups in total. The van der Waals surface area contributed by atoms with Gasteiger partial charge in [0.1, 0.15) is 0 Å². The summed E-state index contributed by atoms with van der Waals surface area (Å²) in [6, 6.07) is 9.22. The Hall–Kier alpha value is -2.68. The highest BCUT2D eigenvalue weighted by Crippen LogP contribution is 2.52. The van der Waals surface area contributed by atoms with Gasteiger partial charge in [0, 0.05) is 23.0 Å². The average Bonchev–Trinajstić information content (AvgIpc) is 3.28. The van der Waals surface area contributed by atoms with Gasteiger partial charge in [-0.1, -0.05) is 41.9 Å². The highest BCUT2D eigenvalue weighted by molar-refractivity contribution is 6.31. The molecule has 0 aromatic heterocycles. The van der Waals surface area contributed by atoms with E-state index in [0.29, 0.717) is 43.2 Å². The summed E-state index contributed by atoms with van der Waals surface area (Å²) in [4.78, 5) is 26.7. The van der Waals surface area contributed by atoms with E-state index in [9.17, 15) is 32.3 Å². The number of hydrogen-bond donors (Lipinski definition) is 1. The van der Waals surface area contributed by atoms with E-state index in [4.69, 9.17) is 11.6 Å². The van der Waals surface area contributed by atoms with E-state index in [1.54, 1.807) is 11.0 Å². The predicted molar refractivity (Wildman–Crippen MR) is 144 cm³/mol. The lowest BCUT2D eigenvalue weighted by molar-refractivity contribution is -0.228. The van der Waals surface area contributed by atoms with Crippen molar-refractivity contribution < 1.29 is 36.6 Å². The van der Waals surface area contributed by atoms with Crippen LogP contribution in [0.5, 0.6) is 0 Å². The van der Waals surface area contributed by atoms with Crippen LogP contribution in [0.2, 0.25) is 5.02 Å². The van der Waals surface area contributed by atoms with Crippen molar-refractivity contribution >= 4 is 23.5 Å². The summed E-state index contributed by atoms with van der Waals surface area (Å²) in [5, 5.41) is 9.88. The van der Waals surface area contributed by atoms with Crippen LogP contribution in [0.1, 0.15) is 73.3 Å². The van der Waals surface area contributed by atoms with E-state index >= 15 is 4.39 Å². The minimum Gasteiger partial charge on any atom is -0.481 e. The number of aliphatic carboxylic acids is 1. The maximum Gasteiger partial charge on any atom is 0.426 e. The van der Waals surface area contributed by atoms with Gasteiger partial charge in [-0.05, 0) is 99.1 Å². The van der Waals surface area contributed by atoms with Gasteiger partial charge in [-0.25, -0.2) is 8.78 Å². The second kappa shape index (κ2) is 10.2. The number of carbonyl (C=O) groups excluding carboxylic acids is 1. The molecule has 5 rings (SSSR count). The van der Waals surface area contributed by atoms with Crippen LogP contribution in [0.15, 0.2) is 36.4 Å². The summed E-state index contributed by atoms with van der Waals surface area (Å²) in [6.45, 7) is 2.64. The van der Waals surface area contributed by atoms with Crippen molar-refractivity contribution in [1.82, 2.24) is 4.90 Å². The molecule has 1 heterocycles. The molecule has 0 spiro atoms. The van der Waals surface area contributed by atoms with Crippen molar-refractivity contribution in [2.45, 2.75) is 94.2 Å². The van der Waals surface area contributed by atoms with Crippen LogP contribution in [-0.4, -0.2) is 46.3 Å². The Morgan fingerprint density at radius 1 is 1.05 bits per heavy atom. The molecule has 1 aliphatic heterocycles. The number of fused-ring (bicyclic) bond motifs is 3. The zero-order chi connectivity index (χ0) is 30.0. The fourth-order valence-corrected chi connectivity index (χ4v) is 7.37. The first-order valence-electron chi connectivity index (χ1n) is 14.0. The van der Waals surface area contributed by atoms with Crippen molar-refractivity contribution in [1.29, 1.82) is 0 Å². The Morgan fingerprint density at radius 2 is 1.73 bits per heavy atom. The van der Waals surface area contributed by atoms with Crippen molar-refractivity contribution in [3.05, 3.63) is 69.2 Å². The molecule has 2 fully saturated rings. The minimum atomic E-state index is -5.08. The SMILES string of the molecule is Cc1ccc(CC23CCN(C(=O)[C@]4(F)CC[C@@H](C(=O)O)CC4)C2CCc2cc(C(C)(F)C(F)(F)F)ccc23)cc1Cl. The molecule has 3 aliphatic rings. The summed E-state index contributed by atoms with van der Waals surface area (Å²) in [5.74, 6) is -2.32. The molecule has 2 aromatic carbocycles. The van der Waals surface area contributed by atoms with Crippen LogP contribution in [-0.2, 0) is 33.5 Å². The lowest BCUT2D eigenvalue weighted by Gasteiger charge is -2.45. The third-order valence-electron chi connectivity index (χ3n) is 9.74. The van der Waals surface area contributed by atoms with Gasteiger partial charge in [-0.2, -0.15) is 13.2 Å². The lowest BCUT2D eigenvalue weighted by atomic mass is 9.63. The Morgan fingerprint density at radius 3 is 2.34 bits per heavy atom. The number of carboxylic acid groups (broad SMARTS) is 1. The van der Waals surface area contributed by atoms with E-state index in [-0.39, 0.29) is 32.2 Å². The maximum atomic E-state index is 16.1. The van der Waals surface area contributed by atoms with Crippen molar-refractivity contribution in [2.24, 2.45) is 5.92 Å². The van der Waals surface area contributed by atoms with Crippen molar-refractivity contribution in [3.8, 4) is 0 Å². The Kier molecular flexibility index (Phi) is 7.45. The van der Waals surface area contributed by atoms with E-state index in [1.165, 1.54) is 12.1 Å². The van der Waals surface area contributed by atoms with Crippen molar-refractivity contribution in [3.63, 3.8) is 0 Å². The molecule has 1 amide bonds. The van der Waals surface area contributed by atoms with Crippen LogP contribution in [0.25, 0.3) is 0 Å². The molecule has 0 radical (unpaired) electrons. The molecule has 222 valence electrons. The average molecular weight is 598 g/mol. The largest absolute Gasteiger partial charge is 0.481 e. The van der Waals surface area contributed by atoms with Gasteiger partial charge in [0.15, 0.2) is 5.67 Å². The molecule has 0 bridgehead atoms. The normalized spacial score (nSPS) is 29.4. The van der Waals surface area contributed by atoms with Crippen LogP contribution < -0.4 is 0 Å². The highest BCUT2D eigenvalue weighted by Gasteiger charge is 2.57. The molecule has 1 saturated heterocycles. The molecule has 2 aromatic rings. The fourth-order valence-electron chi connectivity index (χ4n) is 7.17. The molecule has 2 aliphatic carbocycles. The topological polar surface area (TPSA) is 57.6 Å². The number of rotatable bonds is 5. The van der Waals surface area contributed by atoms with Gasteiger partial charge in [-0.15, -0.1) is 0 Å². The highest BCUT2D eigenvalue weighted by atomic mass is 35.5. The second-order valence-electron chi connectivity index (χ2n) is 12.2. The van der Waals surface area contributed by atoms with Crippen LogP contribution in [0.3, 0.4) is 0 Å². The molecule has 10 heteroatoms. The molecular weight excluding hydrogens is 565 g/mol. The molecule has 3 atom stereocenters. The summed E-state index contributed by atoms with van der Waals surface area (Å²) in [6.07, 6.45) is -3.71. The lowest BCUT2D eigenvalue weighted by Crippen LogP contribution is -2.55. The molecule has 4 nitrogen and oxygen atoms in total. The zero-order valence-electron chi connectivity index (χ0n) is 23.0. The number of likely N-dealkylation sites (tertiary alicyclic amines) is 1. The van der Waals surface area contributed by atoms with Crippen molar-refractivity contribution in [2.75, 3.05) is 6.54 Å². The minimum absolute atomic E-state index is 0.0793. The zero-order valence-corrected chi connectivity index (χ0v) is 23.7. The number of alkyl halides is 5. The van der Waals surface area contributed by atoms with Gasteiger partial charge in [0.2, 0.25) is 5.67 Å². The summed E-state index contributed by atoms with van der Waals surface area (Å²) in [5.41, 5.74) is -3.81. The third-order valence-corrected chi connectivity index (χ3v) is 10.2. The number of hydrogen-bond acceptors (Lipinski definition) is 2. The number of carbonyl (C=O) groups is 2. The molecule has 3 unspecified atom stereocenters. The number of halogens is 6. The first-order chi connectivity index (χ1) is 19.1. The van der Waals surface area contributed by atoms with Gasteiger partial charge in [0.25, 0.3) is 5.91 Å². The predicted octanol–water partition coefficient (Wildman–Crippen LogP) is 7.41. The Labute approximate surface area is 240 Å². The summed E-state index contributed by atoms with van der Waals surface area (Å²) < 4.78 is 71.6. The monoisotopic (exact) mass is 597 g/mol. The molecule has 41 heavy (non-hydrogen) atoms. The molecular formula is C31H33ClF5NO3. The standard InChI is InChI=1S/C31H33ClF5NO3/c1-18-3-4-19(15-24(18)32)17-29-13-14-38(27(41)30(34)11-9-20(10-12-30)26(39)40)25(29)8-5-21-16-22(6-7-23(21)29)28(2,33)31(35,36)37/h3-4,6-7,15-16,20,25H,5,8-14,17H2,1-2H3,(H,39,40)/t20-,25?,28?,29?,30+. The number of aryl methyl sites for hydroxylation is 2. The van der Waals surface area contributed by atoms with Gasteiger partial charge in [0.05, 0.1) is 5.92 Å². The Balaban J connectivity index is 1.53.